The zero-order valence-electron chi connectivity index (χ0n) is 17.4. The molecule has 0 unspecified atom stereocenters. The number of rotatable bonds is 6. The Morgan fingerprint density at radius 2 is 1.97 bits per heavy atom. The molecule has 0 amide bonds. The van der Waals surface area contributed by atoms with Gasteiger partial charge in [0.1, 0.15) is 23.0 Å². The average molecular weight is 500 g/mol. The molecule has 0 aliphatic rings. The minimum atomic E-state index is -4.18. The summed E-state index contributed by atoms with van der Waals surface area (Å²) in [5, 5.41) is 8.04. The fraction of sp³-hybridized carbons (Fsp3) is 0.0476. The molecule has 0 fully saturated rings. The molecular weight excluding hydrogens is 485 g/mol. The van der Waals surface area contributed by atoms with Crippen LogP contribution < -0.4 is 9.46 Å². The molecule has 0 aliphatic heterocycles. The van der Waals surface area contributed by atoms with E-state index < -0.39 is 15.8 Å². The zero-order chi connectivity index (χ0) is 23.9. The first-order valence-electron chi connectivity index (χ1n) is 9.73. The van der Waals surface area contributed by atoms with Crippen molar-refractivity contribution < 1.29 is 17.5 Å². The molecule has 5 rings (SSSR count). The van der Waals surface area contributed by atoms with Gasteiger partial charge in [-0.05, 0) is 30.3 Å². The van der Waals surface area contributed by atoms with Crippen molar-refractivity contribution in [2.45, 2.75) is 4.90 Å². The van der Waals surface area contributed by atoms with Crippen LogP contribution in [-0.4, -0.2) is 45.7 Å². The third-order valence-corrected chi connectivity index (χ3v) is 6.47. The number of methoxy groups -OCH3 is 1. The maximum atomic E-state index is 14.7. The summed E-state index contributed by atoms with van der Waals surface area (Å²) in [5.74, 6) is -0.281. The van der Waals surface area contributed by atoms with E-state index in [1.54, 1.807) is 30.6 Å². The molecule has 3 N–H and O–H groups in total. The molecule has 5 aromatic rings. The number of aromatic nitrogens is 6. The van der Waals surface area contributed by atoms with E-state index in [2.05, 4.69) is 34.9 Å². The molecule has 0 radical (unpaired) electrons. The second-order valence-corrected chi connectivity index (χ2v) is 9.15. The van der Waals surface area contributed by atoms with Gasteiger partial charge in [0, 0.05) is 29.5 Å². The van der Waals surface area contributed by atoms with Crippen LogP contribution in [0, 0.1) is 5.82 Å². The Bertz CT molecular complexity index is 1620. The van der Waals surface area contributed by atoms with Gasteiger partial charge >= 0.3 is 0 Å². The molecule has 0 atom stereocenters. The van der Waals surface area contributed by atoms with Gasteiger partial charge in [0.05, 0.1) is 17.6 Å². The van der Waals surface area contributed by atoms with E-state index in [1.165, 1.54) is 25.4 Å². The van der Waals surface area contributed by atoms with Gasteiger partial charge in [-0.1, -0.05) is 17.7 Å². The molecule has 1 aromatic carbocycles. The fourth-order valence-corrected chi connectivity index (χ4v) is 4.76. The molecule has 13 heteroatoms. The topological polar surface area (TPSA) is 139 Å². The van der Waals surface area contributed by atoms with Crippen LogP contribution in [0.2, 0.25) is 5.02 Å². The van der Waals surface area contributed by atoms with Crippen molar-refractivity contribution in [3.8, 4) is 28.7 Å². The van der Waals surface area contributed by atoms with Gasteiger partial charge in [0.2, 0.25) is 5.88 Å². The van der Waals surface area contributed by atoms with Crippen molar-refractivity contribution in [1.82, 2.24) is 30.1 Å². The highest BCUT2D eigenvalue weighted by Crippen LogP contribution is 2.31. The van der Waals surface area contributed by atoms with Gasteiger partial charge in [-0.15, -0.1) is 0 Å². The average Bonchev–Trinajstić information content (AvgIpc) is 3.49. The third kappa shape index (κ3) is 3.93. The van der Waals surface area contributed by atoms with Crippen molar-refractivity contribution in [2.75, 3.05) is 11.8 Å². The van der Waals surface area contributed by atoms with Crippen LogP contribution in [0.4, 0.5) is 10.2 Å². The highest BCUT2D eigenvalue weighted by Gasteiger charge is 2.23. The number of hydrogen-bond acceptors (Lipinski definition) is 7. The summed E-state index contributed by atoms with van der Waals surface area (Å²) in [6.45, 7) is 0. The van der Waals surface area contributed by atoms with E-state index in [1.807, 2.05) is 0 Å². The molecular formula is C21H15ClFN7O3S. The number of nitrogens with zero attached hydrogens (tertiary/aromatic N) is 4. The molecule has 4 heterocycles. The normalized spacial score (nSPS) is 11.6. The molecule has 0 saturated carbocycles. The molecule has 0 spiro atoms. The van der Waals surface area contributed by atoms with Gasteiger partial charge < -0.3 is 9.72 Å². The van der Waals surface area contributed by atoms with E-state index in [-0.39, 0.29) is 27.3 Å². The highest BCUT2D eigenvalue weighted by molar-refractivity contribution is 7.92. The fourth-order valence-electron chi connectivity index (χ4n) is 3.39. The smallest absolute Gasteiger partial charge is 0.268 e. The van der Waals surface area contributed by atoms with Crippen molar-refractivity contribution >= 4 is 38.3 Å². The summed E-state index contributed by atoms with van der Waals surface area (Å²) in [7, 11) is -2.90. The van der Waals surface area contributed by atoms with Crippen LogP contribution in [0.3, 0.4) is 0 Å². The third-order valence-electron chi connectivity index (χ3n) is 4.91. The number of H-pyrrole nitrogens is 2. The number of nitrogens with one attached hydrogen (secondary N) is 3. The minimum Gasteiger partial charge on any atom is -0.480 e. The van der Waals surface area contributed by atoms with Crippen LogP contribution in [0.1, 0.15) is 0 Å². The van der Waals surface area contributed by atoms with Crippen LogP contribution in [0.25, 0.3) is 33.7 Å². The molecule has 34 heavy (non-hydrogen) atoms. The number of imidazole rings is 1. The quantitative estimate of drug-likeness (QED) is 0.321. The van der Waals surface area contributed by atoms with E-state index in [4.69, 9.17) is 16.3 Å². The Morgan fingerprint density at radius 3 is 2.74 bits per heavy atom. The predicted octanol–water partition coefficient (Wildman–Crippen LogP) is 4.01. The monoisotopic (exact) mass is 499 g/mol. The van der Waals surface area contributed by atoms with Crippen molar-refractivity contribution in [1.29, 1.82) is 0 Å². The Kier molecular flexibility index (Phi) is 5.38. The number of benzene rings is 1. The summed E-state index contributed by atoms with van der Waals surface area (Å²) >= 11 is 5.90. The SMILES string of the molecule is COc1ncc(Cl)cc1S(=O)(=O)Nc1ccc(F)c(-c2ccc3c(-c4ncc[nH]4)n[nH]c3c2)n1. The maximum Gasteiger partial charge on any atom is 0.268 e. The van der Waals surface area contributed by atoms with E-state index in [9.17, 15) is 12.8 Å². The molecule has 0 aliphatic carbocycles. The predicted molar refractivity (Wildman–Crippen MR) is 123 cm³/mol. The van der Waals surface area contributed by atoms with Crippen molar-refractivity contribution in [2.24, 2.45) is 0 Å². The van der Waals surface area contributed by atoms with Crippen LogP contribution >= 0.6 is 11.6 Å². The van der Waals surface area contributed by atoms with Crippen LogP contribution in [-0.2, 0) is 10.0 Å². The molecule has 0 saturated heterocycles. The largest absolute Gasteiger partial charge is 0.480 e. The lowest BCUT2D eigenvalue weighted by Gasteiger charge is -2.12. The number of halogens is 2. The lowest BCUT2D eigenvalue weighted by Crippen LogP contribution is -2.16. The molecule has 10 nitrogen and oxygen atoms in total. The first-order valence-corrected chi connectivity index (χ1v) is 11.6. The maximum absolute atomic E-state index is 14.7. The lowest BCUT2D eigenvalue weighted by molar-refractivity contribution is 0.385. The Labute approximate surface area is 197 Å². The number of sulfonamides is 1. The van der Waals surface area contributed by atoms with Crippen LogP contribution in [0.5, 0.6) is 5.88 Å². The van der Waals surface area contributed by atoms with E-state index >= 15 is 0 Å². The van der Waals surface area contributed by atoms with Gasteiger partial charge in [-0.2, -0.15) is 5.10 Å². The van der Waals surface area contributed by atoms with E-state index in [0.29, 0.717) is 22.6 Å². The van der Waals surface area contributed by atoms with Gasteiger partial charge in [-0.3, -0.25) is 9.82 Å². The summed E-state index contributed by atoms with van der Waals surface area (Å²) in [6.07, 6.45) is 4.56. The second-order valence-electron chi connectivity index (χ2n) is 7.06. The number of fused-ring (bicyclic) bond motifs is 1. The Balaban J connectivity index is 1.51. The summed E-state index contributed by atoms with van der Waals surface area (Å²) in [6, 6.07) is 8.62. The second kappa shape index (κ2) is 8.39. The van der Waals surface area contributed by atoms with Crippen LogP contribution in [0.15, 0.2) is 59.9 Å². The lowest BCUT2D eigenvalue weighted by atomic mass is 10.1. The number of aromatic amines is 2. The van der Waals surface area contributed by atoms with E-state index in [0.717, 1.165) is 11.5 Å². The molecule has 0 bridgehead atoms. The molecule has 172 valence electrons. The Morgan fingerprint density at radius 1 is 1.12 bits per heavy atom. The molecule has 4 aromatic heterocycles. The first-order chi connectivity index (χ1) is 16.4. The number of pyridine rings is 2. The van der Waals surface area contributed by atoms with Crippen molar-refractivity contribution in [3.63, 3.8) is 0 Å². The number of anilines is 1. The first kappa shape index (κ1) is 21.8. The summed E-state index contributed by atoms with van der Waals surface area (Å²) < 4.78 is 47.8. The zero-order valence-corrected chi connectivity index (χ0v) is 18.9. The number of hydrogen-bond donors (Lipinski definition) is 3. The summed E-state index contributed by atoms with van der Waals surface area (Å²) in [4.78, 5) is 15.0. The van der Waals surface area contributed by atoms with Gasteiger partial charge in [-0.25, -0.2) is 27.8 Å². The highest BCUT2D eigenvalue weighted by atomic mass is 35.5. The summed E-state index contributed by atoms with van der Waals surface area (Å²) in [5.41, 5.74) is 1.62. The van der Waals surface area contributed by atoms with Crippen molar-refractivity contribution in [3.05, 3.63) is 65.8 Å². The van der Waals surface area contributed by atoms with Gasteiger partial charge in [0.25, 0.3) is 10.0 Å². The van der Waals surface area contributed by atoms with Gasteiger partial charge in [0.15, 0.2) is 10.7 Å². The number of ether oxygens (including phenoxy) is 1. The Hall–Kier alpha value is -4.03. The minimum absolute atomic E-state index is 0.0487. The standard InChI is InChI=1S/C21H15ClFN7O3S/c1-33-21-16(9-12(22)10-26-21)34(31,32)30-17-5-4-14(23)18(27-17)11-2-3-13-15(8-11)28-29-19(13)20-24-6-7-25-20/h2-10H,1H3,(H,24,25)(H,27,30)(H,28,29).